The van der Waals surface area contributed by atoms with Gasteiger partial charge in [-0.15, -0.1) is 11.3 Å². The van der Waals surface area contributed by atoms with Crippen LogP contribution >= 0.6 is 11.3 Å². The molecule has 0 saturated carbocycles. The Hall–Kier alpha value is -7.80. The van der Waals surface area contributed by atoms with Gasteiger partial charge in [0.2, 0.25) is 0 Å². The van der Waals surface area contributed by atoms with Gasteiger partial charge in [-0.25, -0.2) is 19.9 Å². The summed E-state index contributed by atoms with van der Waals surface area (Å²) in [6.07, 6.45) is 0. The zero-order valence-electron chi connectivity index (χ0n) is 32.1. The molecule has 0 N–H and O–H groups in total. The molecule has 0 atom stereocenters. The molecule has 0 unspecified atom stereocenters. The number of pyridine rings is 1. The number of rotatable bonds is 6. The highest BCUT2D eigenvalue weighted by Gasteiger charge is 2.20. The lowest BCUT2D eigenvalue weighted by atomic mass is 9.97. The van der Waals surface area contributed by atoms with Crippen LogP contribution < -0.4 is 0 Å². The van der Waals surface area contributed by atoms with Crippen molar-refractivity contribution in [2.24, 2.45) is 0 Å². The highest BCUT2D eigenvalue weighted by molar-refractivity contribution is 7.26. The smallest absolute Gasteiger partial charge is 0.164 e. The molecule has 0 spiro atoms. The monoisotopic (exact) mass is 784 g/mol. The van der Waals surface area contributed by atoms with Gasteiger partial charge in [0, 0.05) is 53.2 Å². The van der Waals surface area contributed by atoms with Crippen LogP contribution in [0.3, 0.4) is 0 Å². The Morgan fingerprint density at radius 3 is 1.72 bits per heavy atom. The number of furan rings is 1. The van der Waals surface area contributed by atoms with Crippen molar-refractivity contribution in [2.75, 3.05) is 0 Å². The van der Waals surface area contributed by atoms with Crippen LogP contribution in [0, 0.1) is 0 Å². The van der Waals surface area contributed by atoms with Gasteiger partial charge in [0.25, 0.3) is 0 Å². The van der Waals surface area contributed by atoms with Gasteiger partial charge in [-0.2, -0.15) is 0 Å². The molecule has 0 saturated heterocycles. The van der Waals surface area contributed by atoms with E-state index in [-0.39, 0.29) is 0 Å². The van der Waals surface area contributed by atoms with Crippen LogP contribution in [0.25, 0.3) is 121 Å². The van der Waals surface area contributed by atoms with Crippen LogP contribution in [0.2, 0.25) is 0 Å². The molecule has 8 aromatic carbocycles. The highest BCUT2D eigenvalue weighted by Crippen LogP contribution is 2.43. The molecule has 0 aliphatic rings. The minimum Gasteiger partial charge on any atom is -0.455 e. The zero-order valence-corrected chi connectivity index (χ0v) is 32.9. The molecule has 0 bridgehead atoms. The minimum atomic E-state index is 0.591. The molecule has 0 amide bonds. The highest BCUT2D eigenvalue weighted by atomic mass is 32.1. The van der Waals surface area contributed by atoms with Crippen LogP contribution in [0.4, 0.5) is 0 Å². The van der Waals surface area contributed by atoms with E-state index in [1.54, 1.807) is 0 Å². The molecule has 4 heterocycles. The maximum absolute atomic E-state index is 6.67. The van der Waals surface area contributed by atoms with Gasteiger partial charge in [0.15, 0.2) is 17.5 Å². The van der Waals surface area contributed by atoms with Gasteiger partial charge in [-0.05, 0) is 52.6 Å². The molecular weight excluding hydrogens is 753 g/mol. The standard InChI is InChI=1S/C54H32N4OS/c1-3-13-35(14-4-1)52-56-53(36-15-5-2-6-16-36)58-54(57-52)39-18-11-17-38(31-39)49-48-44-20-7-9-23-46(44)59-50(48)43-30-29-37(32-45(43)55-49)33-25-27-34(28-26-33)40-21-12-22-42-41-19-8-10-24-47(41)60-51(40)42/h1-32H. The Morgan fingerprint density at radius 2 is 0.950 bits per heavy atom. The maximum Gasteiger partial charge on any atom is 0.164 e. The second-order valence-corrected chi connectivity index (χ2v) is 16.0. The predicted octanol–water partition coefficient (Wildman–Crippen LogP) is 14.7. The molecule has 0 aliphatic heterocycles. The first-order valence-corrected chi connectivity index (χ1v) is 20.8. The minimum absolute atomic E-state index is 0.591. The second kappa shape index (κ2) is 13.9. The first kappa shape index (κ1) is 34.3. The molecule has 60 heavy (non-hydrogen) atoms. The average Bonchev–Trinajstić information content (AvgIpc) is 3.91. The van der Waals surface area contributed by atoms with Crippen molar-refractivity contribution in [2.45, 2.75) is 0 Å². The molecule has 4 aromatic heterocycles. The fraction of sp³-hybridized carbons (Fsp3) is 0. The summed E-state index contributed by atoms with van der Waals surface area (Å²) < 4.78 is 9.29. The lowest BCUT2D eigenvalue weighted by Gasteiger charge is -2.11. The summed E-state index contributed by atoms with van der Waals surface area (Å²) in [6, 6.07) is 67.4. The summed E-state index contributed by atoms with van der Waals surface area (Å²) in [7, 11) is 0. The van der Waals surface area contributed by atoms with E-state index in [0.29, 0.717) is 17.5 Å². The van der Waals surface area contributed by atoms with Crippen molar-refractivity contribution in [1.29, 1.82) is 0 Å². The van der Waals surface area contributed by atoms with Crippen LogP contribution in [0.1, 0.15) is 0 Å². The normalized spacial score (nSPS) is 11.7. The Bertz CT molecular complexity index is 3540. The summed E-state index contributed by atoms with van der Waals surface area (Å²) in [5, 5.41) is 5.58. The first-order valence-electron chi connectivity index (χ1n) is 20.0. The van der Waals surface area contributed by atoms with Gasteiger partial charge in [-0.3, -0.25) is 0 Å². The molecule has 5 nitrogen and oxygen atoms in total. The van der Waals surface area contributed by atoms with E-state index in [2.05, 4.69) is 121 Å². The van der Waals surface area contributed by atoms with Gasteiger partial charge < -0.3 is 4.42 Å². The quantitative estimate of drug-likeness (QED) is 0.168. The van der Waals surface area contributed by atoms with Gasteiger partial charge in [0.05, 0.1) is 16.6 Å². The molecule has 12 rings (SSSR count). The number of fused-ring (bicyclic) bond motifs is 8. The Labute approximate surface area is 348 Å². The third kappa shape index (κ3) is 5.76. The Morgan fingerprint density at radius 1 is 0.367 bits per heavy atom. The SMILES string of the molecule is c1ccc(-c2nc(-c3ccccc3)nc(-c3cccc(-c4nc5cc(-c6ccc(-c7cccc8c7sc7ccccc78)cc6)ccc5c5oc6ccccc6c45)c3)n2)cc1. The van der Waals surface area contributed by atoms with Crippen LogP contribution in [0.15, 0.2) is 199 Å². The summed E-state index contributed by atoms with van der Waals surface area (Å²) >= 11 is 1.86. The van der Waals surface area contributed by atoms with E-state index in [9.17, 15) is 0 Å². The average molecular weight is 785 g/mol. The predicted molar refractivity (Wildman–Crippen MR) is 248 cm³/mol. The van der Waals surface area contributed by atoms with Crippen molar-refractivity contribution < 1.29 is 4.42 Å². The van der Waals surface area contributed by atoms with Crippen LogP contribution in [-0.2, 0) is 0 Å². The van der Waals surface area contributed by atoms with Crippen molar-refractivity contribution >= 4 is 64.4 Å². The van der Waals surface area contributed by atoms with E-state index >= 15 is 0 Å². The Kier molecular flexibility index (Phi) is 7.96. The fourth-order valence-electron chi connectivity index (χ4n) is 8.41. The van der Waals surface area contributed by atoms with Crippen molar-refractivity contribution in [3.63, 3.8) is 0 Å². The molecule has 0 aliphatic carbocycles. The summed E-state index contributed by atoms with van der Waals surface area (Å²) in [4.78, 5) is 20.4. The number of hydrogen-bond donors (Lipinski definition) is 0. The first-order chi connectivity index (χ1) is 29.7. The number of hydrogen-bond acceptors (Lipinski definition) is 6. The van der Waals surface area contributed by atoms with Gasteiger partial charge in [0.1, 0.15) is 11.2 Å². The van der Waals surface area contributed by atoms with Gasteiger partial charge >= 0.3 is 0 Å². The van der Waals surface area contributed by atoms with Gasteiger partial charge in [-0.1, -0.05) is 164 Å². The van der Waals surface area contributed by atoms with Crippen LogP contribution in [0.5, 0.6) is 0 Å². The van der Waals surface area contributed by atoms with Crippen molar-refractivity contribution in [1.82, 2.24) is 19.9 Å². The fourth-order valence-corrected chi connectivity index (χ4v) is 9.65. The number of aromatic nitrogens is 4. The maximum atomic E-state index is 6.67. The second-order valence-electron chi connectivity index (χ2n) is 15.0. The lowest BCUT2D eigenvalue weighted by Crippen LogP contribution is -2.00. The Balaban J connectivity index is 0.985. The van der Waals surface area contributed by atoms with Crippen LogP contribution in [-0.4, -0.2) is 19.9 Å². The molecule has 280 valence electrons. The zero-order chi connectivity index (χ0) is 39.6. The third-order valence-corrected chi connectivity index (χ3v) is 12.6. The van der Waals surface area contributed by atoms with Crippen molar-refractivity contribution in [3.8, 4) is 67.7 Å². The van der Waals surface area contributed by atoms with E-state index in [1.807, 2.05) is 84.1 Å². The molecule has 0 fully saturated rings. The largest absolute Gasteiger partial charge is 0.455 e. The topological polar surface area (TPSA) is 64.7 Å². The summed E-state index contributed by atoms with van der Waals surface area (Å²) in [6.45, 7) is 0. The van der Waals surface area contributed by atoms with E-state index < -0.39 is 0 Å². The molecular formula is C54H32N4OS. The number of para-hydroxylation sites is 1. The third-order valence-electron chi connectivity index (χ3n) is 11.3. The van der Waals surface area contributed by atoms with E-state index in [1.165, 1.54) is 31.3 Å². The summed E-state index contributed by atoms with van der Waals surface area (Å²) in [5.41, 5.74) is 11.7. The molecule has 6 heteroatoms. The summed E-state index contributed by atoms with van der Waals surface area (Å²) in [5.74, 6) is 1.83. The number of nitrogens with zero attached hydrogens (tertiary/aromatic N) is 4. The molecule has 12 aromatic rings. The molecule has 0 radical (unpaired) electrons. The lowest BCUT2D eigenvalue weighted by molar-refractivity contribution is 0.672. The van der Waals surface area contributed by atoms with E-state index in [0.717, 1.165) is 71.9 Å². The number of benzene rings is 8. The number of thiophene rings is 1. The van der Waals surface area contributed by atoms with E-state index in [4.69, 9.17) is 24.4 Å². The van der Waals surface area contributed by atoms with Crippen molar-refractivity contribution in [3.05, 3.63) is 194 Å².